The molecule has 0 aliphatic carbocycles. The van der Waals surface area contributed by atoms with Gasteiger partial charge in [0.25, 0.3) is 0 Å². The van der Waals surface area contributed by atoms with Crippen LogP contribution in [0.4, 0.5) is 5.69 Å². The third kappa shape index (κ3) is 2.11. The van der Waals surface area contributed by atoms with Crippen molar-refractivity contribution < 1.29 is 4.74 Å². The first-order valence-corrected chi connectivity index (χ1v) is 5.71. The topological polar surface area (TPSA) is 37.4 Å². The Morgan fingerprint density at radius 2 is 2.06 bits per heavy atom. The fraction of sp³-hybridized carbons (Fsp3) is 0.583. The van der Waals surface area contributed by atoms with E-state index in [1.807, 2.05) is 12.1 Å². The maximum Gasteiger partial charge on any atom is 0.214 e. The van der Waals surface area contributed by atoms with Gasteiger partial charge in [-0.25, -0.2) is 4.98 Å². The SMILES string of the molecule is COc1cc(N2[C@H](C)CNC[C@@H]2C)ccn1. The van der Waals surface area contributed by atoms with Crippen molar-refractivity contribution in [1.82, 2.24) is 10.3 Å². The zero-order chi connectivity index (χ0) is 11.5. The van der Waals surface area contributed by atoms with Crippen LogP contribution < -0.4 is 15.0 Å². The average Bonchev–Trinajstić information content (AvgIpc) is 2.29. The molecule has 0 unspecified atom stereocenters. The van der Waals surface area contributed by atoms with Crippen LogP contribution in [-0.2, 0) is 0 Å². The van der Waals surface area contributed by atoms with Gasteiger partial charge in [0.05, 0.1) is 7.11 Å². The van der Waals surface area contributed by atoms with Gasteiger partial charge >= 0.3 is 0 Å². The van der Waals surface area contributed by atoms with E-state index in [4.69, 9.17) is 4.74 Å². The molecule has 1 saturated heterocycles. The lowest BCUT2D eigenvalue weighted by atomic mass is 10.1. The molecule has 88 valence electrons. The van der Waals surface area contributed by atoms with Crippen LogP contribution in [0.2, 0.25) is 0 Å². The molecular weight excluding hydrogens is 202 g/mol. The summed E-state index contributed by atoms with van der Waals surface area (Å²) < 4.78 is 5.16. The fourth-order valence-electron chi connectivity index (χ4n) is 2.31. The molecule has 2 atom stereocenters. The Morgan fingerprint density at radius 3 is 2.69 bits per heavy atom. The Balaban J connectivity index is 2.26. The van der Waals surface area contributed by atoms with E-state index in [2.05, 4.69) is 29.0 Å². The molecule has 1 aliphatic heterocycles. The molecule has 1 aromatic heterocycles. The third-order valence-corrected chi connectivity index (χ3v) is 3.05. The minimum Gasteiger partial charge on any atom is -0.481 e. The first-order chi connectivity index (χ1) is 7.72. The predicted octanol–water partition coefficient (Wildman–Crippen LogP) is 1.28. The molecule has 0 spiro atoms. The van der Waals surface area contributed by atoms with Crippen LogP contribution in [0.25, 0.3) is 0 Å². The second-order valence-corrected chi connectivity index (χ2v) is 4.32. The Kier molecular flexibility index (Phi) is 3.29. The van der Waals surface area contributed by atoms with E-state index in [0.29, 0.717) is 18.0 Å². The summed E-state index contributed by atoms with van der Waals surface area (Å²) in [5.41, 5.74) is 1.19. The molecule has 2 heterocycles. The quantitative estimate of drug-likeness (QED) is 0.816. The van der Waals surface area contributed by atoms with Gasteiger partial charge in [0.1, 0.15) is 0 Å². The molecule has 2 rings (SSSR count). The highest BCUT2D eigenvalue weighted by Gasteiger charge is 2.24. The highest BCUT2D eigenvalue weighted by Crippen LogP contribution is 2.24. The van der Waals surface area contributed by atoms with Crippen LogP contribution >= 0.6 is 0 Å². The van der Waals surface area contributed by atoms with Crippen LogP contribution in [0.5, 0.6) is 5.88 Å². The maximum absolute atomic E-state index is 5.16. The number of methoxy groups -OCH3 is 1. The Morgan fingerprint density at radius 1 is 1.38 bits per heavy atom. The van der Waals surface area contributed by atoms with Crippen LogP contribution in [0.3, 0.4) is 0 Å². The van der Waals surface area contributed by atoms with Crippen LogP contribution in [-0.4, -0.2) is 37.3 Å². The van der Waals surface area contributed by atoms with Crippen molar-refractivity contribution in [2.45, 2.75) is 25.9 Å². The predicted molar refractivity (Wildman–Crippen MR) is 65.1 cm³/mol. The number of nitrogens with one attached hydrogen (secondary N) is 1. The lowest BCUT2D eigenvalue weighted by Gasteiger charge is -2.41. The Bertz CT molecular complexity index is 346. The number of nitrogens with zero attached hydrogens (tertiary/aromatic N) is 2. The molecule has 4 heteroatoms. The van der Waals surface area contributed by atoms with Gasteiger partial charge in [-0.2, -0.15) is 0 Å². The van der Waals surface area contributed by atoms with Crippen LogP contribution in [0.1, 0.15) is 13.8 Å². The average molecular weight is 221 g/mol. The van der Waals surface area contributed by atoms with Crippen molar-refractivity contribution in [3.63, 3.8) is 0 Å². The monoisotopic (exact) mass is 221 g/mol. The molecule has 1 aliphatic rings. The summed E-state index contributed by atoms with van der Waals surface area (Å²) in [4.78, 5) is 6.56. The van der Waals surface area contributed by atoms with E-state index < -0.39 is 0 Å². The van der Waals surface area contributed by atoms with Gasteiger partial charge in [-0.3, -0.25) is 0 Å². The number of pyridine rings is 1. The summed E-state index contributed by atoms with van der Waals surface area (Å²) in [6.45, 7) is 6.51. The molecule has 0 saturated carbocycles. The van der Waals surface area contributed by atoms with E-state index in [9.17, 15) is 0 Å². The summed E-state index contributed by atoms with van der Waals surface area (Å²) in [6, 6.07) is 5.03. The molecule has 1 N–H and O–H groups in total. The molecule has 16 heavy (non-hydrogen) atoms. The number of anilines is 1. The van der Waals surface area contributed by atoms with Gasteiger partial charge in [-0.1, -0.05) is 0 Å². The van der Waals surface area contributed by atoms with Gasteiger partial charge in [0, 0.05) is 43.1 Å². The lowest BCUT2D eigenvalue weighted by molar-refractivity contribution is 0.395. The normalized spacial score (nSPS) is 25.6. The number of rotatable bonds is 2. The van der Waals surface area contributed by atoms with Crippen molar-refractivity contribution in [1.29, 1.82) is 0 Å². The highest BCUT2D eigenvalue weighted by atomic mass is 16.5. The van der Waals surface area contributed by atoms with Gasteiger partial charge < -0.3 is 15.0 Å². The van der Waals surface area contributed by atoms with Crippen molar-refractivity contribution >= 4 is 5.69 Å². The second-order valence-electron chi connectivity index (χ2n) is 4.32. The number of piperazine rings is 1. The number of aromatic nitrogens is 1. The standard InChI is InChI=1S/C12H19N3O/c1-9-7-13-8-10(2)15(9)11-4-5-14-12(6-11)16-3/h4-6,9-10,13H,7-8H2,1-3H3/t9-,10+. The number of hydrogen-bond donors (Lipinski definition) is 1. The minimum atomic E-state index is 0.496. The summed E-state index contributed by atoms with van der Waals surface area (Å²) in [5, 5.41) is 3.42. The summed E-state index contributed by atoms with van der Waals surface area (Å²) in [6.07, 6.45) is 1.80. The zero-order valence-electron chi connectivity index (χ0n) is 10.1. The van der Waals surface area contributed by atoms with E-state index in [1.54, 1.807) is 13.3 Å². The molecule has 4 nitrogen and oxygen atoms in total. The fourth-order valence-corrected chi connectivity index (χ4v) is 2.31. The summed E-state index contributed by atoms with van der Waals surface area (Å²) in [5.74, 6) is 0.676. The van der Waals surface area contributed by atoms with Crippen molar-refractivity contribution in [2.24, 2.45) is 0 Å². The molecule has 0 amide bonds. The molecule has 0 bridgehead atoms. The third-order valence-electron chi connectivity index (χ3n) is 3.05. The number of ether oxygens (including phenoxy) is 1. The largest absolute Gasteiger partial charge is 0.481 e. The molecule has 0 aromatic carbocycles. The van der Waals surface area contributed by atoms with Crippen molar-refractivity contribution in [3.8, 4) is 5.88 Å². The maximum atomic E-state index is 5.16. The lowest BCUT2D eigenvalue weighted by Crippen LogP contribution is -2.55. The van der Waals surface area contributed by atoms with Gasteiger partial charge in [0.15, 0.2) is 0 Å². The molecule has 0 radical (unpaired) electrons. The summed E-state index contributed by atoms with van der Waals surface area (Å²) in [7, 11) is 1.65. The van der Waals surface area contributed by atoms with E-state index in [0.717, 1.165) is 13.1 Å². The van der Waals surface area contributed by atoms with Crippen molar-refractivity contribution in [2.75, 3.05) is 25.1 Å². The first-order valence-electron chi connectivity index (χ1n) is 5.71. The highest BCUT2D eigenvalue weighted by molar-refractivity contribution is 5.50. The Hall–Kier alpha value is -1.29. The van der Waals surface area contributed by atoms with E-state index in [-0.39, 0.29) is 0 Å². The second kappa shape index (κ2) is 4.70. The van der Waals surface area contributed by atoms with Gasteiger partial charge in [-0.05, 0) is 19.9 Å². The smallest absolute Gasteiger partial charge is 0.214 e. The van der Waals surface area contributed by atoms with E-state index in [1.165, 1.54) is 5.69 Å². The van der Waals surface area contributed by atoms with Gasteiger partial charge in [-0.15, -0.1) is 0 Å². The summed E-state index contributed by atoms with van der Waals surface area (Å²) >= 11 is 0. The molecular formula is C12H19N3O. The van der Waals surface area contributed by atoms with Crippen LogP contribution in [0, 0.1) is 0 Å². The Labute approximate surface area is 96.6 Å². The zero-order valence-corrected chi connectivity index (χ0v) is 10.1. The molecule has 1 aromatic rings. The van der Waals surface area contributed by atoms with E-state index >= 15 is 0 Å². The van der Waals surface area contributed by atoms with Gasteiger partial charge in [0.2, 0.25) is 5.88 Å². The number of hydrogen-bond acceptors (Lipinski definition) is 4. The van der Waals surface area contributed by atoms with Crippen molar-refractivity contribution in [3.05, 3.63) is 18.3 Å². The molecule has 1 fully saturated rings. The minimum absolute atomic E-state index is 0.496. The van der Waals surface area contributed by atoms with Crippen LogP contribution in [0.15, 0.2) is 18.3 Å². The first kappa shape index (κ1) is 11.2.